The number of nitrogens with zero attached hydrogens (tertiary/aromatic N) is 3. The molecule has 7 nitrogen and oxygen atoms in total. The third-order valence-electron chi connectivity index (χ3n) is 4.12. The molecule has 0 unspecified atom stereocenters. The number of carbonyl (C=O) groups is 3. The highest BCUT2D eigenvalue weighted by Crippen LogP contribution is 2.20. The van der Waals surface area contributed by atoms with Crippen LogP contribution in [-0.2, 0) is 9.59 Å². The molecular weight excluding hydrogens is 272 g/mol. The van der Waals surface area contributed by atoms with Gasteiger partial charge in [0, 0.05) is 59.2 Å². The Morgan fingerprint density at radius 2 is 1.76 bits per heavy atom. The number of hydrogen-bond donors (Lipinski definition) is 1. The third-order valence-corrected chi connectivity index (χ3v) is 4.12. The smallest absolute Gasteiger partial charge is 0.319 e. The minimum atomic E-state index is -0.0237. The molecule has 2 aliphatic rings. The van der Waals surface area contributed by atoms with Gasteiger partial charge in [-0.1, -0.05) is 0 Å². The molecule has 1 N–H and O–H groups in total. The minimum absolute atomic E-state index is 0.00506. The number of hydrogen-bond acceptors (Lipinski definition) is 3. The Morgan fingerprint density at radius 3 is 2.38 bits per heavy atom. The predicted octanol–water partition coefficient (Wildman–Crippen LogP) is -0.271. The van der Waals surface area contributed by atoms with Gasteiger partial charge in [-0.05, 0) is 12.8 Å². The van der Waals surface area contributed by atoms with Crippen LogP contribution in [0.1, 0.15) is 19.3 Å². The van der Waals surface area contributed by atoms with Crippen molar-refractivity contribution in [1.29, 1.82) is 0 Å². The Labute approximate surface area is 125 Å². The Morgan fingerprint density at radius 1 is 1.10 bits per heavy atom. The maximum Gasteiger partial charge on any atom is 0.319 e. The van der Waals surface area contributed by atoms with Gasteiger partial charge in [0.25, 0.3) is 0 Å². The molecule has 2 aliphatic heterocycles. The first kappa shape index (κ1) is 15.6. The van der Waals surface area contributed by atoms with Crippen LogP contribution in [0.4, 0.5) is 4.79 Å². The maximum absolute atomic E-state index is 12.5. The van der Waals surface area contributed by atoms with Crippen LogP contribution in [0, 0.1) is 5.92 Å². The second kappa shape index (κ2) is 6.78. The standard InChI is InChI=1S/C14H24N4O3/c1-16(2)14(21)18-7-3-11(4-8-18)13(20)17-9-5-12(19)15-6-10-17/h11H,3-10H2,1-2H3,(H,15,19). The van der Waals surface area contributed by atoms with E-state index in [-0.39, 0.29) is 23.8 Å². The number of urea groups is 1. The fourth-order valence-corrected chi connectivity index (χ4v) is 2.85. The number of rotatable bonds is 1. The summed E-state index contributed by atoms with van der Waals surface area (Å²) in [5.41, 5.74) is 0. The van der Waals surface area contributed by atoms with Crippen molar-refractivity contribution in [2.45, 2.75) is 19.3 Å². The lowest BCUT2D eigenvalue weighted by molar-refractivity contribution is -0.136. The molecule has 4 amide bonds. The number of piperidine rings is 1. The first-order valence-electron chi connectivity index (χ1n) is 7.50. The van der Waals surface area contributed by atoms with Gasteiger partial charge in [0.1, 0.15) is 0 Å². The summed E-state index contributed by atoms with van der Waals surface area (Å²) in [7, 11) is 3.47. The summed E-state index contributed by atoms with van der Waals surface area (Å²) in [5.74, 6) is 0.115. The Balaban J connectivity index is 1.85. The topological polar surface area (TPSA) is 73.0 Å². The van der Waals surface area contributed by atoms with Crippen molar-refractivity contribution in [3.05, 3.63) is 0 Å². The van der Waals surface area contributed by atoms with E-state index in [1.165, 1.54) is 0 Å². The van der Waals surface area contributed by atoms with Crippen LogP contribution in [0.3, 0.4) is 0 Å². The van der Waals surface area contributed by atoms with Gasteiger partial charge in [0.2, 0.25) is 11.8 Å². The van der Waals surface area contributed by atoms with E-state index in [2.05, 4.69) is 5.32 Å². The van der Waals surface area contributed by atoms with Gasteiger partial charge in [-0.3, -0.25) is 9.59 Å². The van der Waals surface area contributed by atoms with Gasteiger partial charge in [-0.25, -0.2) is 4.79 Å². The van der Waals surface area contributed by atoms with Crippen LogP contribution in [0.25, 0.3) is 0 Å². The number of likely N-dealkylation sites (tertiary alicyclic amines) is 1. The minimum Gasteiger partial charge on any atom is -0.354 e. The molecule has 21 heavy (non-hydrogen) atoms. The molecule has 0 aromatic heterocycles. The summed E-state index contributed by atoms with van der Waals surface area (Å²) in [6.45, 7) is 2.86. The molecule has 2 rings (SSSR count). The molecule has 0 aliphatic carbocycles. The van der Waals surface area contributed by atoms with E-state index in [9.17, 15) is 14.4 Å². The molecule has 2 heterocycles. The lowest BCUT2D eigenvalue weighted by Crippen LogP contribution is -2.47. The van der Waals surface area contributed by atoms with Crippen molar-refractivity contribution in [2.24, 2.45) is 5.92 Å². The highest BCUT2D eigenvalue weighted by atomic mass is 16.2. The quantitative estimate of drug-likeness (QED) is 0.724. The maximum atomic E-state index is 12.5. The lowest BCUT2D eigenvalue weighted by Gasteiger charge is -2.35. The molecule has 0 radical (unpaired) electrons. The zero-order chi connectivity index (χ0) is 15.4. The SMILES string of the molecule is CN(C)C(=O)N1CCC(C(=O)N2CCNC(=O)CC2)CC1. The van der Waals surface area contributed by atoms with Crippen molar-refractivity contribution >= 4 is 17.8 Å². The van der Waals surface area contributed by atoms with Gasteiger partial charge in [0.15, 0.2) is 0 Å². The van der Waals surface area contributed by atoms with Gasteiger partial charge in [0.05, 0.1) is 0 Å². The zero-order valence-electron chi connectivity index (χ0n) is 12.8. The third kappa shape index (κ3) is 3.86. The largest absolute Gasteiger partial charge is 0.354 e. The predicted molar refractivity (Wildman–Crippen MR) is 77.6 cm³/mol. The van der Waals surface area contributed by atoms with Crippen LogP contribution < -0.4 is 5.32 Å². The van der Waals surface area contributed by atoms with Crippen molar-refractivity contribution in [2.75, 3.05) is 46.8 Å². The van der Waals surface area contributed by atoms with Gasteiger partial charge in [-0.2, -0.15) is 0 Å². The molecule has 0 saturated carbocycles. The average Bonchev–Trinajstić information content (AvgIpc) is 2.70. The first-order valence-corrected chi connectivity index (χ1v) is 7.50. The van der Waals surface area contributed by atoms with Crippen LogP contribution in [0.5, 0.6) is 0 Å². The van der Waals surface area contributed by atoms with E-state index in [0.29, 0.717) is 52.0 Å². The van der Waals surface area contributed by atoms with Crippen LogP contribution in [0.2, 0.25) is 0 Å². The average molecular weight is 296 g/mol. The summed E-state index contributed by atoms with van der Waals surface area (Å²) < 4.78 is 0. The van der Waals surface area contributed by atoms with E-state index >= 15 is 0 Å². The van der Waals surface area contributed by atoms with Crippen LogP contribution >= 0.6 is 0 Å². The van der Waals surface area contributed by atoms with Crippen molar-refractivity contribution in [1.82, 2.24) is 20.0 Å². The molecule has 7 heteroatoms. The monoisotopic (exact) mass is 296 g/mol. The second-order valence-electron chi connectivity index (χ2n) is 5.86. The molecule has 2 saturated heterocycles. The molecule has 2 fully saturated rings. The van der Waals surface area contributed by atoms with E-state index in [1.54, 1.807) is 28.8 Å². The molecular formula is C14H24N4O3. The molecule has 0 aromatic rings. The molecule has 0 aromatic carbocycles. The van der Waals surface area contributed by atoms with Crippen LogP contribution in [-0.4, -0.2) is 79.4 Å². The lowest BCUT2D eigenvalue weighted by atomic mass is 9.95. The summed E-state index contributed by atoms with van der Waals surface area (Å²) >= 11 is 0. The van der Waals surface area contributed by atoms with Crippen molar-refractivity contribution in [3.8, 4) is 0 Å². The second-order valence-corrected chi connectivity index (χ2v) is 5.86. The fraction of sp³-hybridized carbons (Fsp3) is 0.786. The number of nitrogens with one attached hydrogen (secondary N) is 1. The van der Waals surface area contributed by atoms with Crippen molar-refractivity contribution < 1.29 is 14.4 Å². The van der Waals surface area contributed by atoms with E-state index in [4.69, 9.17) is 0 Å². The summed E-state index contributed by atoms with van der Waals surface area (Å²) in [4.78, 5) is 40.8. The molecule has 0 spiro atoms. The zero-order valence-corrected chi connectivity index (χ0v) is 12.8. The molecule has 0 bridgehead atoms. The van der Waals surface area contributed by atoms with Gasteiger partial charge in [-0.15, -0.1) is 0 Å². The summed E-state index contributed by atoms with van der Waals surface area (Å²) in [6, 6.07) is 0.00506. The van der Waals surface area contributed by atoms with E-state index in [0.717, 1.165) is 0 Å². The Bertz CT molecular complexity index is 416. The van der Waals surface area contributed by atoms with Gasteiger partial charge < -0.3 is 20.0 Å². The number of amides is 4. The van der Waals surface area contributed by atoms with E-state index < -0.39 is 0 Å². The van der Waals surface area contributed by atoms with Crippen molar-refractivity contribution in [3.63, 3.8) is 0 Å². The first-order chi connectivity index (χ1) is 9.99. The summed E-state index contributed by atoms with van der Waals surface area (Å²) in [5, 5.41) is 2.78. The Hall–Kier alpha value is -1.79. The number of carbonyl (C=O) groups excluding carboxylic acids is 3. The van der Waals surface area contributed by atoms with E-state index in [1.807, 2.05) is 0 Å². The fourth-order valence-electron chi connectivity index (χ4n) is 2.85. The summed E-state index contributed by atoms with van der Waals surface area (Å²) in [6.07, 6.45) is 1.79. The highest BCUT2D eigenvalue weighted by molar-refractivity contribution is 5.82. The normalized spacial score (nSPS) is 20.8. The highest BCUT2D eigenvalue weighted by Gasteiger charge is 2.31. The Kier molecular flexibility index (Phi) is 5.03. The van der Waals surface area contributed by atoms with Crippen LogP contribution in [0.15, 0.2) is 0 Å². The molecule has 118 valence electrons. The van der Waals surface area contributed by atoms with Gasteiger partial charge >= 0.3 is 6.03 Å². The molecule has 0 atom stereocenters.